The molecule has 6 heteroatoms. The summed E-state index contributed by atoms with van der Waals surface area (Å²) in [5.74, 6) is 1.72. The number of ether oxygens (including phenoxy) is 1. The Morgan fingerprint density at radius 1 is 1.24 bits per heavy atom. The Morgan fingerprint density at radius 3 is 2.80 bits per heavy atom. The van der Waals surface area contributed by atoms with Gasteiger partial charge in [0.15, 0.2) is 11.6 Å². The molecule has 0 saturated carbocycles. The zero-order valence-corrected chi connectivity index (χ0v) is 15.5. The van der Waals surface area contributed by atoms with Gasteiger partial charge in [-0.1, -0.05) is 13.0 Å². The van der Waals surface area contributed by atoms with Crippen molar-refractivity contribution in [2.24, 2.45) is 0 Å². The van der Waals surface area contributed by atoms with Crippen LogP contribution in [0.3, 0.4) is 0 Å². The van der Waals surface area contributed by atoms with Crippen molar-refractivity contribution in [2.75, 3.05) is 19.0 Å². The molecule has 132 valence electrons. The summed E-state index contributed by atoms with van der Waals surface area (Å²) >= 11 is 1.69. The van der Waals surface area contributed by atoms with E-state index >= 15 is 0 Å². The second kappa shape index (κ2) is 7.78. The number of fused-ring (bicyclic) bond motifs is 1. The quantitative estimate of drug-likeness (QED) is 0.618. The van der Waals surface area contributed by atoms with E-state index in [1.165, 1.54) is 12.0 Å². The van der Waals surface area contributed by atoms with Gasteiger partial charge in [-0.25, -0.2) is 14.4 Å². The van der Waals surface area contributed by atoms with Crippen molar-refractivity contribution in [3.05, 3.63) is 46.3 Å². The number of hydrogen-bond donors (Lipinski definition) is 1. The summed E-state index contributed by atoms with van der Waals surface area (Å²) in [6.45, 7) is 4.92. The first kappa shape index (κ1) is 17.6. The summed E-state index contributed by atoms with van der Waals surface area (Å²) in [4.78, 5) is 11.5. The third kappa shape index (κ3) is 4.07. The average Bonchev–Trinajstić information content (AvgIpc) is 2.98. The van der Waals surface area contributed by atoms with Gasteiger partial charge >= 0.3 is 0 Å². The lowest BCUT2D eigenvalue weighted by Gasteiger charge is -2.09. The highest BCUT2D eigenvalue weighted by molar-refractivity contribution is 7.18. The third-order valence-electron chi connectivity index (χ3n) is 4.03. The molecule has 3 aromatic rings. The van der Waals surface area contributed by atoms with E-state index < -0.39 is 0 Å². The minimum Gasteiger partial charge on any atom is -0.494 e. The number of aryl methyl sites for hydroxylation is 3. The molecule has 25 heavy (non-hydrogen) atoms. The van der Waals surface area contributed by atoms with Gasteiger partial charge in [0.2, 0.25) is 0 Å². The summed E-state index contributed by atoms with van der Waals surface area (Å²) in [5.41, 5.74) is 0.966. The molecule has 2 heterocycles. The first-order chi connectivity index (χ1) is 12.1. The molecule has 0 aliphatic heterocycles. The Morgan fingerprint density at radius 2 is 2.08 bits per heavy atom. The molecule has 0 bridgehead atoms. The minimum atomic E-state index is -0.313. The second-order valence-electron chi connectivity index (χ2n) is 5.92. The number of rotatable bonds is 7. The van der Waals surface area contributed by atoms with Crippen molar-refractivity contribution >= 4 is 27.4 Å². The van der Waals surface area contributed by atoms with Gasteiger partial charge < -0.3 is 10.1 Å². The van der Waals surface area contributed by atoms with Crippen molar-refractivity contribution in [3.8, 4) is 5.75 Å². The van der Waals surface area contributed by atoms with Crippen LogP contribution in [-0.2, 0) is 12.8 Å². The van der Waals surface area contributed by atoms with Crippen LogP contribution in [0.4, 0.5) is 10.2 Å². The van der Waals surface area contributed by atoms with Crippen LogP contribution in [0.25, 0.3) is 10.2 Å². The average molecular weight is 359 g/mol. The summed E-state index contributed by atoms with van der Waals surface area (Å²) in [5, 5.41) is 4.50. The van der Waals surface area contributed by atoms with Gasteiger partial charge in [-0.2, -0.15) is 0 Å². The first-order valence-electron chi connectivity index (χ1n) is 8.44. The van der Waals surface area contributed by atoms with E-state index in [9.17, 15) is 4.39 Å². The van der Waals surface area contributed by atoms with Crippen LogP contribution in [0.1, 0.15) is 29.6 Å². The van der Waals surface area contributed by atoms with Crippen LogP contribution in [-0.4, -0.2) is 23.6 Å². The maximum Gasteiger partial charge on any atom is 0.165 e. The molecule has 3 rings (SSSR count). The molecule has 0 saturated heterocycles. The molecule has 0 aliphatic rings. The van der Waals surface area contributed by atoms with Crippen LogP contribution in [0.2, 0.25) is 0 Å². The molecule has 0 spiro atoms. The molecular formula is C19H22FN3OS. The number of aromatic nitrogens is 2. The van der Waals surface area contributed by atoms with Crippen LogP contribution < -0.4 is 10.1 Å². The van der Waals surface area contributed by atoms with Crippen LogP contribution in [0.15, 0.2) is 24.3 Å². The van der Waals surface area contributed by atoms with Crippen molar-refractivity contribution in [1.29, 1.82) is 0 Å². The lowest BCUT2D eigenvalue weighted by molar-refractivity contribution is 0.386. The van der Waals surface area contributed by atoms with E-state index in [1.54, 1.807) is 23.5 Å². The Kier molecular flexibility index (Phi) is 5.48. The van der Waals surface area contributed by atoms with E-state index in [2.05, 4.69) is 35.2 Å². The first-order valence-corrected chi connectivity index (χ1v) is 9.25. The summed E-state index contributed by atoms with van der Waals surface area (Å²) in [6, 6.07) is 7.25. The van der Waals surface area contributed by atoms with Crippen molar-refractivity contribution in [1.82, 2.24) is 9.97 Å². The largest absolute Gasteiger partial charge is 0.494 e. The molecular weight excluding hydrogens is 337 g/mol. The second-order valence-corrected chi connectivity index (χ2v) is 7.15. The predicted octanol–water partition coefficient (Wildman–Crippen LogP) is 4.75. The minimum absolute atomic E-state index is 0.283. The third-order valence-corrected chi connectivity index (χ3v) is 4.97. The number of benzene rings is 1. The smallest absolute Gasteiger partial charge is 0.165 e. The fourth-order valence-corrected chi connectivity index (χ4v) is 3.64. The Bertz CT molecular complexity index is 878. The van der Waals surface area contributed by atoms with Crippen LogP contribution in [0, 0.1) is 12.7 Å². The van der Waals surface area contributed by atoms with Gasteiger partial charge in [0.1, 0.15) is 16.5 Å². The number of nitrogens with zero attached hydrogens (tertiary/aromatic N) is 2. The van der Waals surface area contributed by atoms with Gasteiger partial charge in [0, 0.05) is 17.8 Å². The summed E-state index contributed by atoms with van der Waals surface area (Å²) in [7, 11) is 1.47. The predicted molar refractivity (Wildman–Crippen MR) is 101 cm³/mol. The van der Waals surface area contributed by atoms with E-state index in [0.29, 0.717) is 0 Å². The van der Waals surface area contributed by atoms with Crippen molar-refractivity contribution in [3.63, 3.8) is 0 Å². The monoisotopic (exact) mass is 359 g/mol. The number of nitrogens with one attached hydrogen (secondary N) is 1. The lowest BCUT2D eigenvalue weighted by atomic mass is 10.1. The van der Waals surface area contributed by atoms with E-state index in [0.717, 1.165) is 53.2 Å². The van der Waals surface area contributed by atoms with E-state index in [1.807, 2.05) is 6.07 Å². The van der Waals surface area contributed by atoms with Crippen LogP contribution in [0.5, 0.6) is 5.75 Å². The molecule has 0 fully saturated rings. The molecule has 2 aromatic heterocycles. The van der Waals surface area contributed by atoms with E-state index in [-0.39, 0.29) is 11.6 Å². The number of methoxy groups -OCH3 is 1. The topological polar surface area (TPSA) is 47.0 Å². The van der Waals surface area contributed by atoms with Gasteiger partial charge in [0.05, 0.1) is 12.5 Å². The number of halogens is 1. The molecule has 1 N–H and O–H groups in total. The molecule has 0 amide bonds. The van der Waals surface area contributed by atoms with Gasteiger partial charge in [-0.15, -0.1) is 11.3 Å². The fraction of sp³-hybridized carbons (Fsp3) is 0.368. The van der Waals surface area contributed by atoms with E-state index in [4.69, 9.17) is 4.74 Å². The fourth-order valence-electron chi connectivity index (χ4n) is 2.74. The highest BCUT2D eigenvalue weighted by atomic mass is 32.1. The van der Waals surface area contributed by atoms with Crippen molar-refractivity contribution in [2.45, 2.75) is 33.1 Å². The molecule has 0 radical (unpaired) electrons. The number of hydrogen-bond acceptors (Lipinski definition) is 5. The Hall–Kier alpha value is -2.21. The van der Waals surface area contributed by atoms with Gasteiger partial charge in [-0.05, 0) is 43.5 Å². The van der Waals surface area contributed by atoms with Gasteiger partial charge in [-0.3, -0.25) is 0 Å². The lowest BCUT2D eigenvalue weighted by Crippen LogP contribution is -2.07. The van der Waals surface area contributed by atoms with Gasteiger partial charge in [0.25, 0.3) is 0 Å². The SMILES string of the molecule is CCc1nc(NCCCc2ccc(OC)c(F)c2)c2cc(C)sc2n1. The molecule has 0 unspecified atom stereocenters. The van der Waals surface area contributed by atoms with Crippen LogP contribution >= 0.6 is 11.3 Å². The molecule has 4 nitrogen and oxygen atoms in total. The molecule has 0 aliphatic carbocycles. The molecule has 0 atom stereocenters. The maximum absolute atomic E-state index is 13.7. The highest BCUT2D eigenvalue weighted by Gasteiger charge is 2.10. The molecule has 1 aromatic carbocycles. The Labute approximate surface area is 151 Å². The summed E-state index contributed by atoms with van der Waals surface area (Å²) in [6.07, 6.45) is 2.50. The Balaban J connectivity index is 1.64. The van der Waals surface area contributed by atoms with Crippen molar-refractivity contribution < 1.29 is 9.13 Å². The standard InChI is InChI=1S/C19H22FN3OS/c1-4-17-22-18(14-10-12(2)25-19(14)23-17)21-9-5-6-13-7-8-16(24-3)15(20)11-13/h7-8,10-11H,4-6,9H2,1-3H3,(H,21,22,23). The zero-order valence-electron chi connectivity index (χ0n) is 14.7. The normalized spacial score (nSPS) is 11.0. The summed E-state index contributed by atoms with van der Waals surface area (Å²) < 4.78 is 18.7. The maximum atomic E-state index is 13.7. The zero-order chi connectivity index (χ0) is 17.8. The highest BCUT2D eigenvalue weighted by Crippen LogP contribution is 2.28. The number of anilines is 1. The number of thiophene rings is 1.